The lowest BCUT2D eigenvalue weighted by molar-refractivity contribution is -0.121. The van der Waals surface area contributed by atoms with Crippen molar-refractivity contribution in [2.75, 3.05) is 0 Å². The number of carbonyl (C=O) groups is 1. The molecule has 0 radical (unpaired) electrons. The van der Waals surface area contributed by atoms with Crippen molar-refractivity contribution in [1.82, 2.24) is 15.3 Å². The van der Waals surface area contributed by atoms with Crippen LogP contribution in [0, 0.1) is 13.8 Å². The third-order valence-electron chi connectivity index (χ3n) is 4.16. The first-order valence-corrected chi connectivity index (χ1v) is 7.82. The van der Waals surface area contributed by atoms with Crippen LogP contribution in [0.25, 0.3) is 11.0 Å². The fraction of sp³-hybridized carbons (Fsp3) is 0.263. The second-order valence-corrected chi connectivity index (χ2v) is 6.04. The van der Waals surface area contributed by atoms with E-state index in [0.717, 1.165) is 22.2 Å². The molecular weight excluding hydrogens is 286 g/mol. The van der Waals surface area contributed by atoms with Crippen LogP contribution in [0.15, 0.2) is 42.7 Å². The van der Waals surface area contributed by atoms with Gasteiger partial charge in [0.2, 0.25) is 5.91 Å². The van der Waals surface area contributed by atoms with E-state index < -0.39 is 0 Å². The lowest BCUT2D eigenvalue weighted by Gasteiger charge is -2.17. The zero-order chi connectivity index (χ0) is 16.4. The number of nitrogens with zero attached hydrogens (tertiary/aromatic N) is 1. The maximum absolute atomic E-state index is 12.4. The molecule has 1 amide bonds. The highest BCUT2D eigenvalue weighted by molar-refractivity contribution is 5.87. The molecule has 2 heterocycles. The molecule has 0 fully saturated rings. The van der Waals surface area contributed by atoms with E-state index in [1.807, 2.05) is 25.3 Å². The summed E-state index contributed by atoms with van der Waals surface area (Å²) in [6.45, 7) is 6.17. The highest BCUT2D eigenvalue weighted by Gasteiger charge is 2.14. The van der Waals surface area contributed by atoms with Gasteiger partial charge in [0.25, 0.3) is 0 Å². The third kappa shape index (κ3) is 3.26. The number of rotatable bonds is 4. The van der Waals surface area contributed by atoms with Gasteiger partial charge in [0.05, 0.1) is 12.5 Å². The van der Waals surface area contributed by atoms with E-state index in [0.29, 0.717) is 6.42 Å². The molecule has 0 aliphatic rings. The Bertz CT molecular complexity index is 851. The second-order valence-electron chi connectivity index (χ2n) is 6.04. The largest absolute Gasteiger partial charge is 0.349 e. The molecular formula is C19H21N3O. The number of hydrogen-bond donors (Lipinski definition) is 2. The summed E-state index contributed by atoms with van der Waals surface area (Å²) in [7, 11) is 0. The lowest BCUT2D eigenvalue weighted by atomic mass is 10.00. The van der Waals surface area contributed by atoms with Crippen LogP contribution in [0.5, 0.6) is 0 Å². The standard InChI is InChI=1S/C19H21N3O/c1-12-6-7-16(13(2)9-12)14(3)22-18(23)10-15-11-21-19-17(15)5-4-8-20-19/h4-9,11,14H,10H2,1-3H3,(H,20,21)(H,22,23). The van der Waals surface area contributed by atoms with Gasteiger partial charge in [-0.15, -0.1) is 0 Å². The maximum Gasteiger partial charge on any atom is 0.224 e. The molecule has 1 unspecified atom stereocenters. The molecule has 1 aromatic carbocycles. The highest BCUT2D eigenvalue weighted by Crippen LogP contribution is 2.20. The minimum absolute atomic E-state index is 0.00793. The number of aromatic amines is 1. The molecule has 0 saturated heterocycles. The van der Waals surface area contributed by atoms with Crippen LogP contribution >= 0.6 is 0 Å². The van der Waals surface area contributed by atoms with Gasteiger partial charge in [0.15, 0.2) is 0 Å². The highest BCUT2D eigenvalue weighted by atomic mass is 16.1. The van der Waals surface area contributed by atoms with Gasteiger partial charge in [0, 0.05) is 17.8 Å². The maximum atomic E-state index is 12.4. The summed E-state index contributed by atoms with van der Waals surface area (Å²) in [5.41, 5.74) is 5.38. The molecule has 2 N–H and O–H groups in total. The smallest absolute Gasteiger partial charge is 0.224 e. The van der Waals surface area contributed by atoms with Crippen molar-refractivity contribution in [3.8, 4) is 0 Å². The topological polar surface area (TPSA) is 57.8 Å². The van der Waals surface area contributed by atoms with E-state index in [9.17, 15) is 4.79 Å². The number of nitrogens with one attached hydrogen (secondary N) is 2. The first-order chi connectivity index (χ1) is 11.0. The number of benzene rings is 1. The number of fused-ring (bicyclic) bond motifs is 1. The number of aromatic nitrogens is 2. The number of aryl methyl sites for hydroxylation is 2. The number of pyridine rings is 1. The molecule has 0 aliphatic carbocycles. The average molecular weight is 307 g/mol. The van der Waals surface area contributed by atoms with Gasteiger partial charge in [-0.2, -0.15) is 0 Å². The Hall–Kier alpha value is -2.62. The quantitative estimate of drug-likeness (QED) is 0.773. The van der Waals surface area contributed by atoms with E-state index in [1.165, 1.54) is 11.1 Å². The molecule has 0 bridgehead atoms. The van der Waals surface area contributed by atoms with Crippen LogP contribution in [0.3, 0.4) is 0 Å². The summed E-state index contributed by atoms with van der Waals surface area (Å²) in [5.74, 6) is 0.0160. The van der Waals surface area contributed by atoms with Crippen molar-refractivity contribution in [1.29, 1.82) is 0 Å². The van der Waals surface area contributed by atoms with Crippen molar-refractivity contribution >= 4 is 16.9 Å². The van der Waals surface area contributed by atoms with Crippen LogP contribution in [0.4, 0.5) is 0 Å². The summed E-state index contributed by atoms with van der Waals surface area (Å²) in [6.07, 6.45) is 3.95. The molecule has 118 valence electrons. The average Bonchev–Trinajstić information content (AvgIpc) is 2.90. The fourth-order valence-corrected chi connectivity index (χ4v) is 3.01. The van der Waals surface area contributed by atoms with Crippen molar-refractivity contribution in [2.45, 2.75) is 33.2 Å². The van der Waals surface area contributed by atoms with Gasteiger partial charge in [-0.1, -0.05) is 23.8 Å². The Morgan fingerprint density at radius 2 is 2.13 bits per heavy atom. The van der Waals surface area contributed by atoms with E-state index in [2.05, 4.69) is 47.3 Å². The van der Waals surface area contributed by atoms with Crippen LogP contribution in [0.1, 0.15) is 35.2 Å². The Kier molecular flexibility index (Phi) is 4.15. The Morgan fingerprint density at radius 1 is 1.30 bits per heavy atom. The van der Waals surface area contributed by atoms with Crippen LogP contribution in [-0.2, 0) is 11.2 Å². The second kappa shape index (κ2) is 6.24. The van der Waals surface area contributed by atoms with Gasteiger partial charge < -0.3 is 10.3 Å². The van der Waals surface area contributed by atoms with Crippen molar-refractivity contribution in [2.24, 2.45) is 0 Å². The monoisotopic (exact) mass is 307 g/mol. The van der Waals surface area contributed by atoms with Crippen LogP contribution in [0.2, 0.25) is 0 Å². The molecule has 4 nitrogen and oxygen atoms in total. The molecule has 0 aliphatic heterocycles. The van der Waals surface area contributed by atoms with Gasteiger partial charge in [-0.3, -0.25) is 4.79 Å². The van der Waals surface area contributed by atoms with E-state index in [4.69, 9.17) is 0 Å². The molecule has 3 rings (SSSR count). The molecule has 2 aromatic heterocycles. The van der Waals surface area contributed by atoms with Gasteiger partial charge in [0.1, 0.15) is 5.65 Å². The minimum atomic E-state index is -0.00793. The van der Waals surface area contributed by atoms with Crippen molar-refractivity contribution < 1.29 is 4.79 Å². The summed E-state index contributed by atoms with van der Waals surface area (Å²) in [4.78, 5) is 19.7. The first kappa shape index (κ1) is 15.3. The normalized spacial score (nSPS) is 12.3. The van der Waals surface area contributed by atoms with Crippen LogP contribution < -0.4 is 5.32 Å². The predicted octanol–water partition coefficient (Wildman–Crippen LogP) is 3.60. The molecule has 4 heteroatoms. The first-order valence-electron chi connectivity index (χ1n) is 7.82. The Balaban J connectivity index is 1.71. The number of carbonyl (C=O) groups excluding carboxylic acids is 1. The Morgan fingerprint density at radius 3 is 2.91 bits per heavy atom. The summed E-state index contributed by atoms with van der Waals surface area (Å²) in [6, 6.07) is 10.2. The predicted molar refractivity (Wildman–Crippen MR) is 92.3 cm³/mol. The lowest BCUT2D eigenvalue weighted by Crippen LogP contribution is -2.28. The molecule has 23 heavy (non-hydrogen) atoms. The molecule has 3 aromatic rings. The fourth-order valence-electron chi connectivity index (χ4n) is 3.01. The van der Waals surface area contributed by atoms with E-state index in [1.54, 1.807) is 6.20 Å². The van der Waals surface area contributed by atoms with Crippen molar-refractivity contribution in [3.63, 3.8) is 0 Å². The molecule has 0 spiro atoms. The van der Waals surface area contributed by atoms with Crippen LogP contribution in [-0.4, -0.2) is 15.9 Å². The third-order valence-corrected chi connectivity index (χ3v) is 4.16. The summed E-state index contributed by atoms with van der Waals surface area (Å²) in [5, 5.41) is 4.09. The summed E-state index contributed by atoms with van der Waals surface area (Å²) < 4.78 is 0. The zero-order valence-electron chi connectivity index (χ0n) is 13.7. The van der Waals surface area contributed by atoms with Gasteiger partial charge in [-0.25, -0.2) is 4.98 Å². The van der Waals surface area contributed by atoms with Gasteiger partial charge in [-0.05, 0) is 49.6 Å². The number of hydrogen-bond acceptors (Lipinski definition) is 2. The Labute approximate surface area is 136 Å². The molecule has 1 atom stereocenters. The van der Waals surface area contributed by atoms with Crippen molar-refractivity contribution in [3.05, 3.63) is 65.0 Å². The minimum Gasteiger partial charge on any atom is -0.349 e. The summed E-state index contributed by atoms with van der Waals surface area (Å²) >= 11 is 0. The van der Waals surface area contributed by atoms with E-state index in [-0.39, 0.29) is 11.9 Å². The van der Waals surface area contributed by atoms with Gasteiger partial charge >= 0.3 is 0 Å². The number of amides is 1. The number of H-pyrrole nitrogens is 1. The molecule has 0 saturated carbocycles. The zero-order valence-corrected chi connectivity index (χ0v) is 13.7. The van der Waals surface area contributed by atoms with E-state index >= 15 is 0 Å². The SMILES string of the molecule is Cc1ccc(C(C)NC(=O)Cc2c[nH]c3ncccc23)c(C)c1.